The maximum Gasteiger partial charge on any atom is 0.249 e. The number of carbonyl (C=O) groups excluding carboxylic acids is 2. The number of anilines is 2. The van der Waals surface area contributed by atoms with Gasteiger partial charge in [-0.2, -0.15) is 10.2 Å². The van der Waals surface area contributed by atoms with Gasteiger partial charge in [-0.25, -0.2) is 14.3 Å². The molecule has 0 aliphatic carbocycles. The highest BCUT2D eigenvalue weighted by Gasteiger charge is 2.15. The summed E-state index contributed by atoms with van der Waals surface area (Å²) in [6, 6.07) is 16.0. The maximum atomic E-state index is 12.4. The Bertz CT molecular complexity index is 1140. The van der Waals surface area contributed by atoms with Gasteiger partial charge in [0.15, 0.2) is 0 Å². The number of carbonyl (C=O) groups is 2. The zero-order chi connectivity index (χ0) is 21.6. The number of nitrogens with zero attached hydrogens (tertiary/aromatic N) is 5. The van der Waals surface area contributed by atoms with Gasteiger partial charge in [-0.05, 0) is 55.0 Å². The van der Waals surface area contributed by atoms with Crippen molar-refractivity contribution >= 4 is 23.2 Å². The smallest absolute Gasteiger partial charge is 0.249 e. The second-order valence-corrected chi connectivity index (χ2v) is 6.96. The van der Waals surface area contributed by atoms with Crippen molar-refractivity contribution < 1.29 is 9.59 Å². The van der Waals surface area contributed by atoms with E-state index in [9.17, 15) is 9.59 Å². The fraction of sp³-hybridized carbons (Fsp3) is 0.136. The molecule has 2 N–H and O–H groups in total. The molecule has 0 bridgehead atoms. The third kappa shape index (κ3) is 5.02. The zero-order valence-electron chi connectivity index (χ0n) is 16.8. The molecule has 31 heavy (non-hydrogen) atoms. The minimum Gasteiger partial charge on any atom is -0.326 e. The van der Waals surface area contributed by atoms with Gasteiger partial charge in [0.25, 0.3) is 0 Å². The molecule has 2 amide bonds. The van der Waals surface area contributed by atoms with Crippen LogP contribution in [0.15, 0.2) is 79.6 Å². The fourth-order valence-electron chi connectivity index (χ4n) is 3.00. The van der Waals surface area contributed by atoms with E-state index in [2.05, 4.69) is 25.8 Å². The molecule has 0 saturated carbocycles. The molecule has 2 aromatic carbocycles. The second kappa shape index (κ2) is 9.04. The average Bonchev–Trinajstić information content (AvgIpc) is 3.49. The van der Waals surface area contributed by atoms with Gasteiger partial charge in [-0.1, -0.05) is 12.1 Å². The predicted molar refractivity (Wildman–Crippen MR) is 116 cm³/mol. The fourth-order valence-corrected chi connectivity index (χ4v) is 3.00. The Labute approximate surface area is 178 Å². The van der Waals surface area contributed by atoms with E-state index in [1.807, 2.05) is 36.5 Å². The van der Waals surface area contributed by atoms with Crippen LogP contribution in [0.3, 0.4) is 0 Å². The average molecular weight is 415 g/mol. The first kappa shape index (κ1) is 20.0. The molecule has 2 aromatic heterocycles. The lowest BCUT2D eigenvalue weighted by molar-refractivity contribution is -0.119. The number of amides is 2. The molecular weight excluding hydrogens is 394 g/mol. The number of hydrogen-bond acceptors (Lipinski definition) is 5. The van der Waals surface area contributed by atoms with Gasteiger partial charge >= 0.3 is 0 Å². The van der Waals surface area contributed by atoms with Crippen LogP contribution in [0.2, 0.25) is 0 Å². The minimum absolute atomic E-state index is 0.122. The SMILES string of the molecule is CC(C(=O)Nc1ccc(NC(=O)Cc2ccc(-n3cccn3)cc2)cc1)n1cncn1. The Balaban J connectivity index is 1.30. The van der Waals surface area contributed by atoms with Gasteiger partial charge in [-0.3, -0.25) is 9.59 Å². The first-order chi connectivity index (χ1) is 15.1. The molecular formula is C22H21N7O2. The van der Waals surface area contributed by atoms with Crippen LogP contribution in [0, 0.1) is 0 Å². The Morgan fingerprint density at radius 2 is 1.68 bits per heavy atom. The van der Waals surface area contributed by atoms with Crippen LogP contribution in [0.5, 0.6) is 0 Å². The Hall–Kier alpha value is -4.27. The van der Waals surface area contributed by atoms with Gasteiger partial charge in [0.1, 0.15) is 18.7 Å². The van der Waals surface area contributed by atoms with Crippen LogP contribution >= 0.6 is 0 Å². The van der Waals surface area contributed by atoms with Crippen molar-refractivity contribution in [2.24, 2.45) is 0 Å². The molecule has 1 atom stereocenters. The number of aromatic nitrogens is 5. The predicted octanol–water partition coefficient (Wildman–Crippen LogP) is 2.84. The summed E-state index contributed by atoms with van der Waals surface area (Å²) in [5.74, 6) is -0.329. The van der Waals surface area contributed by atoms with Gasteiger partial charge in [0.05, 0.1) is 12.1 Å². The van der Waals surface area contributed by atoms with Gasteiger partial charge < -0.3 is 10.6 Å². The molecule has 0 fully saturated rings. The molecule has 9 nitrogen and oxygen atoms in total. The summed E-state index contributed by atoms with van der Waals surface area (Å²) in [5.41, 5.74) is 3.12. The first-order valence-corrected chi connectivity index (χ1v) is 9.72. The van der Waals surface area contributed by atoms with Crippen molar-refractivity contribution in [3.05, 3.63) is 85.2 Å². The van der Waals surface area contributed by atoms with Crippen LogP contribution < -0.4 is 10.6 Å². The van der Waals surface area contributed by atoms with Gasteiger partial charge in [0.2, 0.25) is 11.8 Å². The maximum absolute atomic E-state index is 12.4. The van der Waals surface area contributed by atoms with Crippen molar-refractivity contribution in [1.29, 1.82) is 0 Å². The topological polar surface area (TPSA) is 107 Å². The van der Waals surface area contributed by atoms with Crippen molar-refractivity contribution in [3.63, 3.8) is 0 Å². The van der Waals surface area contributed by atoms with Crippen LogP contribution in [-0.4, -0.2) is 36.4 Å². The Kier molecular flexibility index (Phi) is 5.84. The summed E-state index contributed by atoms with van der Waals surface area (Å²) >= 11 is 0. The molecule has 0 aliphatic heterocycles. The van der Waals surface area contributed by atoms with Crippen molar-refractivity contribution in [2.75, 3.05) is 10.6 Å². The van der Waals surface area contributed by atoms with Gasteiger partial charge in [-0.15, -0.1) is 0 Å². The van der Waals surface area contributed by atoms with E-state index >= 15 is 0 Å². The molecule has 0 aliphatic rings. The highest BCUT2D eigenvalue weighted by Crippen LogP contribution is 2.16. The van der Waals surface area contributed by atoms with Gasteiger partial charge in [0, 0.05) is 23.8 Å². The van der Waals surface area contributed by atoms with E-state index in [0.29, 0.717) is 11.4 Å². The molecule has 4 rings (SSSR count). The summed E-state index contributed by atoms with van der Waals surface area (Å²) in [6.45, 7) is 1.74. The number of rotatable bonds is 7. The second-order valence-electron chi connectivity index (χ2n) is 6.96. The Morgan fingerprint density at radius 3 is 2.29 bits per heavy atom. The number of nitrogens with one attached hydrogen (secondary N) is 2. The highest BCUT2D eigenvalue weighted by atomic mass is 16.2. The lowest BCUT2D eigenvalue weighted by Crippen LogP contribution is -2.24. The summed E-state index contributed by atoms with van der Waals surface area (Å²) < 4.78 is 3.24. The number of hydrogen-bond donors (Lipinski definition) is 2. The summed E-state index contributed by atoms with van der Waals surface area (Å²) in [7, 11) is 0. The Morgan fingerprint density at radius 1 is 0.968 bits per heavy atom. The molecule has 4 aromatic rings. The van der Waals surface area contributed by atoms with Crippen molar-refractivity contribution in [1.82, 2.24) is 24.5 Å². The molecule has 1 unspecified atom stereocenters. The third-order valence-corrected chi connectivity index (χ3v) is 4.72. The van der Waals surface area contributed by atoms with E-state index < -0.39 is 6.04 Å². The molecule has 156 valence electrons. The summed E-state index contributed by atoms with van der Waals surface area (Å²) in [5, 5.41) is 13.8. The normalized spacial score (nSPS) is 11.6. The molecule has 0 spiro atoms. The summed E-state index contributed by atoms with van der Waals surface area (Å²) in [4.78, 5) is 28.5. The van der Waals surface area contributed by atoms with Crippen LogP contribution in [-0.2, 0) is 16.0 Å². The molecule has 2 heterocycles. The number of benzene rings is 2. The minimum atomic E-state index is -0.485. The molecule has 0 radical (unpaired) electrons. The standard InChI is InChI=1S/C22H21N7O2/c1-16(29-15-23-14-25-29)22(31)27-19-7-5-18(6-8-19)26-21(30)13-17-3-9-20(10-4-17)28-12-2-11-24-28/h2-12,14-16H,13H2,1H3,(H,26,30)(H,27,31). The monoisotopic (exact) mass is 415 g/mol. The lowest BCUT2D eigenvalue weighted by atomic mass is 10.1. The van der Waals surface area contributed by atoms with Crippen molar-refractivity contribution in [2.45, 2.75) is 19.4 Å². The molecule has 9 heteroatoms. The van der Waals surface area contributed by atoms with Crippen LogP contribution in [0.25, 0.3) is 5.69 Å². The van der Waals surface area contributed by atoms with Crippen LogP contribution in [0.1, 0.15) is 18.5 Å². The van der Waals surface area contributed by atoms with E-state index in [0.717, 1.165) is 11.3 Å². The largest absolute Gasteiger partial charge is 0.326 e. The highest BCUT2D eigenvalue weighted by molar-refractivity contribution is 5.95. The van der Waals surface area contributed by atoms with E-state index in [1.165, 1.54) is 17.3 Å². The van der Waals surface area contributed by atoms with E-state index in [1.54, 1.807) is 42.1 Å². The summed E-state index contributed by atoms with van der Waals surface area (Å²) in [6.07, 6.45) is 6.72. The quantitative estimate of drug-likeness (QED) is 0.483. The zero-order valence-corrected chi connectivity index (χ0v) is 16.8. The molecule has 0 saturated heterocycles. The first-order valence-electron chi connectivity index (χ1n) is 9.72. The van der Waals surface area contributed by atoms with E-state index in [4.69, 9.17) is 0 Å². The lowest BCUT2D eigenvalue weighted by Gasteiger charge is -2.12. The van der Waals surface area contributed by atoms with E-state index in [-0.39, 0.29) is 18.2 Å². The van der Waals surface area contributed by atoms with Crippen LogP contribution in [0.4, 0.5) is 11.4 Å². The third-order valence-electron chi connectivity index (χ3n) is 4.72. The van der Waals surface area contributed by atoms with Crippen molar-refractivity contribution in [3.8, 4) is 5.69 Å².